The first kappa shape index (κ1) is 12.1. The van der Waals surface area contributed by atoms with Gasteiger partial charge in [-0.25, -0.2) is 0 Å². The first-order chi connectivity index (χ1) is 8.11. The molecule has 0 bridgehead atoms. The smallest absolute Gasteiger partial charge is 0.137 e. The SMILES string of the molecule is COc1ccc(-c2ccc(N)cc2Cl)cc1Cl. The number of halogens is 2. The standard InChI is InChI=1S/C13H11Cl2NO/c1-17-13-5-2-8(6-12(13)15)10-4-3-9(16)7-11(10)14/h2-7H,16H2,1H3. The summed E-state index contributed by atoms with van der Waals surface area (Å²) in [7, 11) is 1.58. The summed E-state index contributed by atoms with van der Waals surface area (Å²) in [5, 5.41) is 1.16. The van der Waals surface area contributed by atoms with Gasteiger partial charge < -0.3 is 10.5 Å². The van der Waals surface area contributed by atoms with E-state index in [1.165, 1.54) is 0 Å². The van der Waals surface area contributed by atoms with Gasteiger partial charge in [0.25, 0.3) is 0 Å². The van der Waals surface area contributed by atoms with Gasteiger partial charge in [-0.3, -0.25) is 0 Å². The van der Waals surface area contributed by atoms with Crippen molar-refractivity contribution in [3.8, 4) is 16.9 Å². The Labute approximate surface area is 110 Å². The zero-order valence-electron chi connectivity index (χ0n) is 9.21. The van der Waals surface area contributed by atoms with Gasteiger partial charge in [-0.1, -0.05) is 35.3 Å². The van der Waals surface area contributed by atoms with Crippen LogP contribution in [0.3, 0.4) is 0 Å². The lowest BCUT2D eigenvalue weighted by Crippen LogP contribution is -1.88. The average molecular weight is 268 g/mol. The molecule has 0 atom stereocenters. The Morgan fingerprint density at radius 1 is 1.00 bits per heavy atom. The minimum absolute atomic E-state index is 0.554. The topological polar surface area (TPSA) is 35.2 Å². The normalized spacial score (nSPS) is 10.3. The van der Waals surface area contributed by atoms with Crippen molar-refractivity contribution in [2.45, 2.75) is 0 Å². The second kappa shape index (κ2) is 4.86. The van der Waals surface area contributed by atoms with Gasteiger partial charge >= 0.3 is 0 Å². The summed E-state index contributed by atoms with van der Waals surface area (Å²) in [5.41, 5.74) is 8.11. The number of hydrogen-bond donors (Lipinski definition) is 1. The highest BCUT2D eigenvalue weighted by molar-refractivity contribution is 6.34. The fourth-order valence-electron chi connectivity index (χ4n) is 1.60. The zero-order valence-corrected chi connectivity index (χ0v) is 10.7. The predicted molar refractivity (Wildman–Crippen MR) is 72.9 cm³/mol. The molecule has 0 heterocycles. The van der Waals surface area contributed by atoms with Crippen LogP contribution < -0.4 is 10.5 Å². The van der Waals surface area contributed by atoms with Gasteiger partial charge in [0.2, 0.25) is 0 Å². The molecule has 0 aliphatic heterocycles. The van der Waals surface area contributed by atoms with Crippen LogP contribution in [0.4, 0.5) is 5.69 Å². The number of nitrogens with two attached hydrogens (primary N) is 1. The second-order valence-electron chi connectivity index (χ2n) is 3.59. The number of ether oxygens (including phenoxy) is 1. The van der Waals surface area contributed by atoms with Gasteiger partial charge in [-0.2, -0.15) is 0 Å². The molecule has 2 nitrogen and oxygen atoms in total. The van der Waals surface area contributed by atoms with Crippen molar-refractivity contribution in [2.75, 3.05) is 12.8 Å². The van der Waals surface area contributed by atoms with Crippen LogP contribution in [0, 0.1) is 0 Å². The van der Waals surface area contributed by atoms with Crippen LogP contribution in [0.15, 0.2) is 36.4 Å². The summed E-state index contributed by atoms with van der Waals surface area (Å²) in [4.78, 5) is 0. The third-order valence-electron chi connectivity index (χ3n) is 2.46. The summed E-state index contributed by atoms with van der Waals surface area (Å²) >= 11 is 12.2. The molecular formula is C13H11Cl2NO. The Balaban J connectivity index is 2.50. The van der Waals surface area contributed by atoms with Gasteiger partial charge in [0.1, 0.15) is 5.75 Å². The van der Waals surface area contributed by atoms with Crippen LogP contribution in [0.25, 0.3) is 11.1 Å². The number of nitrogen functional groups attached to an aromatic ring is 1. The molecule has 4 heteroatoms. The largest absolute Gasteiger partial charge is 0.495 e. The van der Waals surface area contributed by atoms with E-state index in [1.54, 1.807) is 19.2 Å². The molecule has 2 aromatic carbocycles. The highest BCUT2D eigenvalue weighted by Gasteiger charge is 2.07. The maximum Gasteiger partial charge on any atom is 0.137 e. The maximum atomic E-state index is 6.14. The lowest BCUT2D eigenvalue weighted by atomic mass is 10.1. The quantitative estimate of drug-likeness (QED) is 0.826. The Morgan fingerprint density at radius 3 is 2.35 bits per heavy atom. The van der Waals surface area contributed by atoms with Crippen molar-refractivity contribution < 1.29 is 4.74 Å². The number of hydrogen-bond acceptors (Lipinski definition) is 2. The first-order valence-electron chi connectivity index (χ1n) is 5.01. The summed E-state index contributed by atoms with van der Waals surface area (Å²) < 4.78 is 5.10. The third kappa shape index (κ3) is 2.48. The van der Waals surface area contributed by atoms with E-state index in [0.717, 1.165) is 11.1 Å². The molecule has 0 saturated carbocycles. The maximum absolute atomic E-state index is 6.14. The summed E-state index contributed by atoms with van der Waals surface area (Å²) in [6.45, 7) is 0. The Hall–Kier alpha value is -1.38. The highest BCUT2D eigenvalue weighted by Crippen LogP contribution is 2.34. The summed E-state index contributed by atoms with van der Waals surface area (Å²) in [6, 6.07) is 10.9. The molecule has 0 fully saturated rings. The van der Waals surface area contributed by atoms with Crippen molar-refractivity contribution in [2.24, 2.45) is 0 Å². The van der Waals surface area contributed by atoms with E-state index in [9.17, 15) is 0 Å². The number of rotatable bonds is 2. The lowest BCUT2D eigenvalue weighted by molar-refractivity contribution is 0.415. The number of benzene rings is 2. The van der Waals surface area contributed by atoms with Gasteiger partial charge in [-0.05, 0) is 29.8 Å². The third-order valence-corrected chi connectivity index (χ3v) is 3.06. The molecule has 2 rings (SSSR count). The lowest BCUT2D eigenvalue weighted by Gasteiger charge is -2.08. The van der Waals surface area contributed by atoms with Crippen LogP contribution in [0.2, 0.25) is 10.0 Å². The van der Waals surface area contributed by atoms with Crippen LogP contribution in [0.5, 0.6) is 5.75 Å². The summed E-state index contributed by atoms with van der Waals surface area (Å²) in [5.74, 6) is 0.641. The van der Waals surface area contributed by atoms with Crippen LogP contribution >= 0.6 is 23.2 Å². The van der Waals surface area contributed by atoms with Crippen molar-refractivity contribution >= 4 is 28.9 Å². The Bertz CT molecular complexity index is 555. The van der Waals surface area contributed by atoms with Crippen LogP contribution in [-0.2, 0) is 0 Å². The van der Waals surface area contributed by atoms with Gasteiger partial charge in [0.05, 0.1) is 17.2 Å². The average Bonchev–Trinajstić information content (AvgIpc) is 2.29. The fourth-order valence-corrected chi connectivity index (χ4v) is 2.16. The Morgan fingerprint density at radius 2 is 1.76 bits per heavy atom. The van der Waals surface area contributed by atoms with Gasteiger partial charge in [0.15, 0.2) is 0 Å². The predicted octanol–water partition coefficient (Wildman–Crippen LogP) is 4.25. The molecule has 2 N–H and O–H groups in total. The van der Waals surface area contributed by atoms with Crippen molar-refractivity contribution in [3.63, 3.8) is 0 Å². The molecule has 2 aromatic rings. The van der Waals surface area contributed by atoms with E-state index in [-0.39, 0.29) is 0 Å². The van der Waals surface area contributed by atoms with E-state index < -0.39 is 0 Å². The monoisotopic (exact) mass is 267 g/mol. The summed E-state index contributed by atoms with van der Waals surface area (Å²) in [6.07, 6.45) is 0. The van der Waals surface area contributed by atoms with Gasteiger partial charge in [-0.15, -0.1) is 0 Å². The molecule has 0 aliphatic carbocycles. The molecule has 0 radical (unpaired) electrons. The molecule has 0 saturated heterocycles. The van der Waals surface area contributed by atoms with E-state index in [1.807, 2.05) is 24.3 Å². The molecular weight excluding hydrogens is 257 g/mol. The fraction of sp³-hybridized carbons (Fsp3) is 0.0769. The molecule has 17 heavy (non-hydrogen) atoms. The molecule has 0 spiro atoms. The van der Waals surface area contributed by atoms with Crippen molar-refractivity contribution in [1.29, 1.82) is 0 Å². The van der Waals surface area contributed by atoms with E-state index in [0.29, 0.717) is 21.5 Å². The van der Waals surface area contributed by atoms with Crippen LogP contribution in [-0.4, -0.2) is 7.11 Å². The van der Waals surface area contributed by atoms with Crippen molar-refractivity contribution in [1.82, 2.24) is 0 Å². The Kier molecular flexibility index (Phi) is 3.46. The van der Waals surface area contributed by atoms with E-state index >= 15 is 0 Å². The van der Waals surface area contributed by atoms with Crippen LogP contribution in [0.1, 0.15) is 0 Å². The molecule has 0 unspecified atom stereocenters. The van der Waals surface area contributed by atoms with Gasteiger partial charge in [0, 0.05) is 11.3 Å². The molecule has 0 amide bonds. The number of anilines is 1. The van der Waals surface area contributed by atoms with E-state index in [4.69, 9.17) is 33.7 Å². The van der Waals surface area contributed by atoms with Crippen molar-refractivity contribution in [3.05, 3.63) is 46.4 Å². The zero-order chi connectivity index (χ0) is 12.4. The second-order valence-corrected chi connectivity index (χ2v) is 4.40. The molecule has 0 aliphatic rings. The minimum Gasteiger partial charge on any atom is -0.495 e. The molecule has 88 valence electrons. The van der Waals surface area contributed by atoms with E-state index in [2.05, 4.69) is 0 Å². The highest BCUT2D eigenvalue weighted by atomic mass is 35.5. The minimum atomic E-state index is 0.554. The molecule has 0 aromatic heterocycles. The first-order valence-corrected chi connectivity index (χ1v) is 5.76. The number of methoxy groups -OCH3 is 1.